The van der Waals surface area contributed by atoms with E-state index in [1.54, 1.807) is 45.0 Å². The quantitative estimate of drug-likeness (QED) is 0.517. The second kappa shape index (κ2) is 7.85. The van der Waals surface area contributed by atoms with Crippen LogP contribution in [0.2, 0.25) is 0 Å². The van der Waals surface area contributed by atoms with E-state index in [4.69, 9.17) is 13.7 Å². The van der Waals surface area contributed by atoms with Gasteiger partial charge in [-0.25, -0.2) is 4.79 Å². The highest BCUT2D eigenvalue weighted by Gasteiger charge is 2.38. The van der Waals surface area contributed by atoms with Gasteiger partial charge < -0.3 is 9.47 Å². The molecule has 0 unspecified atom stereocenters. The third kappa shape index (κ3) is 6.76. The van der Waals surface area contributed by atoms with Crippen molar-refractivity contribution >= 4 is 16.1 Å². The monoisotopic (exact) mass is 370 g/mol. The Morgan fingerprint density at radius 3 is 2.32 bits per heavy atom. The van der Waals surface area contributed by atoms with Crippen LogP contribution in [0.3, 0.4) is 0 Å². The number of carbonyl (C=O) groups is 1. The zero-order valence-corrected chi connectivity index (χ0v) is 16.0. The van der Waals surface area contributed by atoms with E-state index >= 15 is 0 Å². The van der Waals surface area contributed by atoms with Crippen LogP contribution < -0.4 is 0 Å². The van der Waals surface area contributed by atoms with E-state index in [0.29, 0.717) is 6.61 Å². The number of rotatable bonds is 8. The Morgan fingerprint density at radius 1 is 1.12 bits per heavy atom. The Bertz CT molecular complexity index is 687. The third-order valence-corrected chi connectivity index (χ3v) is 5.08. The fraction of sp³-hybridized carbons (Fsp3) is 0.611. The molecule has 0 radical (unpaired) electrons. The second-order valence-corrected chi connectivity index (χ2v) is 9.02. The molecular weight excluding hydrogens is 344 g/mol. The summed E-state index contributed by atoms with van der Waals surface area (Å²) in [5.41, 5.74) is 0.462. The van der Waals surface area contributed by atoms with Crippen LogP contribution in [0.5, 0.6) is 0 Å². The van der Waals surface area contributed by atoms with Crippen molar-refractivity contribution in [2.75, 3.05) is 19.8 Å². The molecule has 140 valence electrons. The molecule has 25 heavy (non-hydrogen) atoms. The van der Waals surface area contributed by atoms with Gasteiger partial charge in [-0.2, -0.15) is 8.42 Å². The minimum Gasteiger partial charge on any atom is -0.458 e. The first kappa shape index (κ1) is 19.9. The average molecular weight is 370 g/mol. The largest absolute Gasteiger partial charge is 0.458 e. The van der Waals surface area contributed by atoms with E-state index in [1.807, 2.05) is 6.92 Å². The lowest BCUT2D eigenvalue weighted by molar-refractivity contribution is -0.160. The molecule has 1 aromatic rings. The van der Waals surface area contributed by atoms with Gasteiger partial charge in [-0.05, 0) is 58.1 Å². The molecule has 1 aromatic carbocycles. The maximum atomic E-state index is 12.1. The minimum absolute atomic E-state index is 0.0942. The SMILES string of the molecule is Cc1ccc(S(=O)(=O)OC[C@H]2C[C@@H]2COCC(=O)OC(C)(C)C)cc1. The van der Waals surface area contributed by atoms with Crippen LogP contribution in [0, 0.1) is 18.8 Å². The molecule has 0 heterocycles. The summed E-state index contributed by atoms with van der Waals surface area (Å²) in [7, 11) is -3.72. The third-order valence-electron chi connectivity index (χ3n) is 3.79. The van der Waals surface area contributed by atoms with Crippen LogP contribution in [0.15, 0.2) is 29.2 Å². The van der Waals surface area contributed by atoms with E-state index in [0.717, 1.165) is 12.0 Å². The topological polar surface area (TPSA) is 78.9 Å². The predicted molar refractivity (Wildman–Crippen MR) is 92.6 cm³/mol. The normalized spacial score (nSPS) is 20.3. The van der Waals surface area contributed by atoms with Gasteiger partial charge in [0.05, 0.1) is 18.1 Å². The average Bonchev–Trinajstić information content (AvgIpc) is 3.22. The van der Waals surface area contributed by atoms with Gasteiger partial charge in [0.2, 0.25) is 0 Å². The van der Waals surface area contributed by atoms with Crippen LogP contribution in [0.4, 0.5) is 0 Å². The Kier molecular flexibility index (Phi) is 6.24. The molecule has 1 saturated carbocycles. The molecular formula is C18H26O6S. The summed E-state index contributed by atoms with van der Waals surface area (Å²) < 4.78 is 39.8. The molecule has 0 amide bonds. The fourth-order valence-electron chi connectivity index (χ4n) is 2.33. The van der Waals surface area contributed by atoms with E-state index < -0.39 is 21.7 Å². The number of hydrogen-bond acceptors (Lipinski definition) is 6. The number of esters is 1. The maximum absolute atomic E-state index is 12.1. The first-order valence-electron chi connectivity index (χ1n) is 8.32. The van der Waals surface area contributed by atoms with Crippen LogP contribution >= 0.6 is 0 Å². The highest BCUT2D eigenvalue weighted by Crippen LogP contribution is 2.39. The molecule has 0 aliphatic heterocycles. The number of hydrogen-bond donors (Lipinski definition) is 0. The van der Waals surface area contributed by atoms with Gasteiger partial charge in [-0.3, -0.25) is 4.18 Å². The van der Waals surface area contributed by atoms with Gasteiger partial charge in [0.25, 0.3) is 10.1 Å². The molecule has 0 bridgehead atoms. The molecule has 1 fully saturated rings. The van der Waals surface area contributed by atoms with Gasteiger partial charge in [0.15, 0.2) is 0 Å². The van der Waals surface area contributed by atoms with Crippen LogP contribution in [-0.4, -0.2) is 39.8 Å². The highest BCUT2D eigenvalue weighted by molar-refractivity contribution is 7.86. The molecule has 0 saturated heterocycles. The molecule has 6 nitrogen and oxygen atoms in total. The van der Waals surface area contributed by atoms with Crippen LogP contribution in [-0.2, 0) is 28.6 Å². The zero-order valence-electron chi connectivity index (χ0n) is 15.2. The lowest BCUT2D eigenvalue weighted by Crippen LogP contribution is -2.26. The molecule has 7 heteroatoms. The Balaban J connectivity index is 1.67. The van der Waals surface area contributed by atoms with Crippen molar-refractivity contribution < 1.29 is 26.9 Å². The van der Waals surface area contributed by atoms with Gasteiger partial charge in [0, 0.05) is 0 Å². The molecule has 1 aliphatic carbocycles. The standard InChI is InChI=1S/C18H26O6S/c1-13-5-7-16(8-6-13)25(20,21)23-11-15-9-14(15)10-22-12-17(19)24-18(2,3)4/h5-8,14-15H,9-12H2,1-4H3/t14-,15-/m1/s1. The van der Waals surface area contributed by atoms with Crippen LogP contribution in [0.25, 0.3) is 0 Å². The van der Waals surface area contributed by atoms with Gasteiger partial charge >= 0.3 is 5.97 Å². The van der Waals surface area contributed by atoms with Crippen LogP contribution in [0.1, 0.15) is 32.8 Å². The lowest BCUT2D eigenvalue weighted by Gasteiger charge is -2.19. The van der Waals surface area contributed by atoms with Crippen molar-refractivity contribution in [3.8, 4) is 0 Å². The number of carbonyl (C=O) groups excluding carboxylic acids is 1. The maximum Gasteiger partial charge on any atom is 0.332 e. The summed E-state index contributed by atoms with van der Waals surface area (Å²) >= 11 is 0. The van der Waals surface area contributed by atoms with Crippen molar-refractivity contribution in [1.29, 1.82) is 0 Å². The second-order valence-electron chi connectivity index (χ2n) is 7.41. The summed E-state index contributed by atoms with van der Waals surface area (Å²) in [4.78, 5) is 11.7. The Hall–Kier alpha value is -1.44. The molecule has 2 rings (SSSR count). The van der Waals surface area contributed by atoms with Crippen molar-refractivity contribution in [3.05, 3.63) is 29.8 Å². The van der Waals surface area contributed by atoms with Crippen molar-refractivity contribution in [2.24, 2.45) is 11.8 Å². The first-order valence-corrected chi connectivity index (χ1v) is 9.73. The summed E-state index contributed by atoms with van der Waals surface area (Å²) in [5.74, 6) is -0.0441. The van der Waals surface area contributed by atoms with Gasteiger partial charge in [-0.1, -0.05) is 17.7 Å². The van der Waals surface area contributed by atoms with Crippen molar-refractivity contribution in [1.82, 2.24) is 0 Å². The minimum atomic E-state index is -3.72. The van der Waals surface area contributed by atoms with E-state index in [-0.39, 0.29) is 29.9 Å². The van der Waals surface area contributed by atoms with E-state index in [1.165, 1.54) is 0 Å². The Morgan fingerprint density at radius 2 is 1.72 bits per heavy atom. The van der Waals surface area contributed by atoms with E-state index in [2.05, 4.69) is 0 Å². The number of aryl methyl sites for hydroxylation is 1. The fourth-order valence-corrected chi connectivity index (χ4v) is 3.29. The zero-order chi connectivity index (χ0) is 18.7. The lowest BCUT2D eigenvalue weighted by atomic mass is 10.2. The molecule has 2 atom stereocenters. The summed E-state index contributed by atoms with van der Waals surface area (Å²) in [6, 6.07) is 6.55. The number of ether oxygens (including phenoxy) is 2. The van der Waals surface area contributed by atoms with Gasteiger partial charge in [0.1, 0.15) is 12.2 Å². The molecule has 0 N–H and O–H groups in total. The van der Waals surface area contributed by atoms with Crippen molar-refractivity contribution in [3.63, 3.8) is 0 Å². The molecule has 0 aromatic heterocycles. The summed E-state index contributed by atoms with van der Waals surface area (Å²) in [6.07, 6.45) is 0.831. The molecule has 1 aliphatic rings. The van der Waals surface area contributed by atoms with Gasteiger partial charge in [-0.15, -0.1) is 0 Å². The highest BCUT2D eigenvalue weighted by atomic mass is 32.2. The summed E-state index contributed by atoms with van der Waals surface area (Å²) in [6.45, 7) is 7.73. The smallest absolute Gasteiger partial charge is 0.332 e. The predicted octanol–water partition coefficient (Wildman–Crippen LogP) is 2.69. The Labute approximate surface area is 149 Å². The molecule has 0 spiro atoms. The van der Waals surface area contributed by atoms with Crippen molar-refractivity contribution in [2.45, 2.75) is 44.6 Å². The number of benzene rings is 1. The first-order chi connectivity index (χ1) is 11.6. The van der Waals surface area contributed by atoms with E-state index in [9.17, 15) is 13.2 Å². The summed E-state index contributed by atoms with van der Waals surface area (Å²) in [5, 5.41) is 0.